The summed E-state index contributed by atoms with van der Waals surface area (Å²) >= 11 is 0. The van der Waals surface area contributed by atoms with Crippen molar-refractivity contribution in [3.63, 3.8) is 0 Å². The Balaban J connectivity index is 0.00000243. The van der Waals surface area contributed by atoms with E-state index in [0.717, 1.165) is 43.2 Å². The van der Waals surface area contributed by atoms with E-state index in [-0.39, 0.29) is 17.9 Å². The summed E-state index contributed by atoms with van der Waals surface area (Å²) in [6, 6.07) is 8.72. The Bertz CT molecular complexity index is 723. The predicted molar refractivity (Wildman–Crippen MR) is 109 cm³/mol. The molecular formula is C20H31ClN4O. The number of nitrogens with zero attached hydrogens (tertiary/aromatic N) is 3. The Morgan fingerprint density at radius 1 is 1.31 bits per heavy atom. The summed E-state index contributed by atoms with van der Waals surface area (Å²) in [6.45, 7) is 12.9. The van der Waals surface area contributed by atoms with Gasteiger partial charge in [0.1, 0.15) is 5.75 Å². The number of rotatable bonds is 4. The van der Waals surface area contributed by atoms with Crippen molar-refractivity contribution in [2.24, 2.45) is 0 Å². The molecule has 0 spiro atoms. The predicted octanol–water partition coefficient (Wildman–Crippen LogP) is 3.53. The highest BCUT2D eigenvalue weighted by Crippen LogP contribution is 2.29. The average molecular weight is 379 g/mol. The molecule has 1 aliphatic heterocycles. The Hall–Kier alpha value is -1.56. The van der Waals surface area contributed by atoms with Crippen molar-refractivity contribution in [3.8, 4) is 17.0 Å². The SMILES string of the molecule is COc1cccc(-c2nn(C(C)(C)C)cc2CN2CCN[C@@H](C)C2)c1.Cl. The minimum absolute atomic E-state index is 0. The van der Waals surface area contributed by atoms with Crippen LogP contribution in [0.1, 0.15) is 33.3 Å². The normalized spacial score (nSPS) is 18.4. The molecule has 1 aliphatic rings. The molecule has 144 valence electrons. The van der Waals surface area contributed by atoms with Gasteiger partial charge in [0.2, 0.25) is 0 Å². The van der Waals surface area contributed by atoms with Gasteiger partial charge in [0.25, 0.3) is 0 Å². The molecule has 0 bridgehead atoms. The molecule has 5 nitrogen and oxygen atoms in total. The molecule has 1 fully saturated rings. The zero-order chi connectivity index (χ0) is 18.0. The molecule has 1 N–H and O–H groups in total. The summed E-state index contributed by atoms with van der Waals surface area (Å²) in [5.41, 5.74) is 3.40. The lowest BCUT2D eigenvalue weighted by molar-refractivity contribution is 0.199. The van der Waals surface area contributed by atoms with E-state index in [9.17, 15) is 0 Å². The highest BCUT2D eigenvalue weighted by molar-refractivity contribution is 5.85. The topological polar surface area (TPSA) is 42.3 Å². The van der Waals surface area contributed by atoms with Gasteiger partial charge >= 0.3 is 0 Å². The van der Waals surface area contributed by atoms with Crippen LogP contribution >= 0.6 is 12.4 Å². The molecule has 1 atom stereocenters. The van der Waals surface area contributed by atoms with E-state index >= 15 is 0 Å². The van der Waals surface area contributed by atoms with Gasteiger partial charge in [-0.2, -0.15) is 5.10 Å². The van der Waals surface area contributed by atoms with Crippen molar-refractivity contribution in [3.05, 3.63) is 36.0 Å². The first kappa shape index (κ1) is 20.7. The molecule has 0 amide bonds. The number of ether oxygens (including phenoxy) is 1. The summed E-state index contributed by atoms with van der Waals surface area (Å²) in [6.07, 6.45) is 2.21. The van der Waals surface area contributed by atoms with Crippen LogP contribution in [0.4, 0.5) is 0 Å². The monoisotopic (exact) mass is 378 g/mol. The largest absolute Gasteiger partial charge is 0.497 e. The van der Waals surface area contributed by atoms with Crippen LogP contribution in [0, 0.1) is 0 Å². The van der Waals surface area contributed by atoms with Crippen molar-refractivity contribution in [2.75, 3.05) is 26.7 Å². The molecule has 0 aliphatic carbocycles. The minimum atomic E-state index is -0.0391. The van der Waals surface area contributed by atoms with Crippen LogP contribution in [0.3, 0.4) is 0 Å². The summed E-state index contributed by atoms with van der Waals surface area (Å²) in [7, 11) is 1.70. The fraction of sp³-hybridized carbons (Fsp3) is 0.550. The quantitative estimate of drug-likeness (QED) is 0.883. The number of aromatic nitrogens is 2. The summed E-state index contributed by atoms with van der Waals surface area (Å²) in [4.78, 5) is 2.51. The van der Waals surface area contributed by atoms with E-state index in [2.05, 4.69) is 60.9 Å². The van der Waals surface area contributed by atoms with E-state index in [4.69, 9.17) is 9.84 Å². The molecule has 1 saturated heterocycles. The fourth-order valence-corrected chi connectivity index (χ4v) is 3.28. The van der Waals surface area contributed by atoms with Crippen LogP contribution < -0.4 is 10.1 Å². The van der Waals surface area contributed by atoms with Gasteiger partial charge in [-0.3, -0.25) is 9.58 Å². The fourth-order valence-electron chi connectivity index (χ4n) is 3.28. The number of nitrogens with one attached hydrogen (secondary N) is 1. The van der Waals surface area contributed by atoms with E-state index in [1.54, 1.807) is 7.11 Å². The maximum Gasteiger partial charge on any atom is 0.119 e. The van der Waals surface area contributed by atoms with Crippen LogP contribution in [0.15, 0.2) is 30.5 Å². The standard InChI is InChI=1S/C20H30N4O.ClH/c1-15-12-23(10-9-21-15)13-17-14-24(20(2,3)4)22-19(17)16-7-6-8-18(11-16)25-5;/h6-8,11,14-15,21H,9-10,12-13H2,1-5H3;1H/t15-;/m0./s1. The van der Waals surface area contributed by atoms with E-state index in [1.807, 2.05) is 12.1 Å². The molecule has 0 unspecified atom stereocenters. The van der Waals surface area contributed by atoms with Gasteiger partial charge in [0, 0.05) is 49.5 Å². The number of hydrogen-bond donors (Lipinski definition) is 1. The van der Waals surface area contributed by atoms with Gasteiger partial charge in [-0.25, -0.2) is 0 Å². The first-order valence-corrected chi connectivity index (χ1v) is 9.06. The number of benzene rings is 1. The van der Waals surface area contributed by atoms with Crippen molar-refractivity contribution in [1.29, 1.82) is 0 Å². The summed E-state index contributed by atoms with van der Waals surface area (Å²) in [5.74, 6) is 0.865. The molecule has 3 rings (SSSR count). The summed E-state index contributed by atoms with van der Waals surface area (Å²) < 4.78 is 7.49. The highest BCUT2D eigenvalue weighted by Gasteiger charge is 2.22. The Morgan fingerprint density at radius 2 is 2.08 bits per heavy atom. The molecule has 1 aromatic carbocycles. The molecular weight excluding hydrogens is 348 g/mol. The third-order valence-electron chi connectivity index (χ3n) is 4.67. The molecule has 0 saturated carbocycles. The van der Waals surface area contributed by atoms with Crippen molar-refractivity contribution >= 4 is 12.4 Å². The van der Waals surface area contributed by atoms with Crippen molar-refractivity contribution in [2.45, 2.75) is 45.8 Å². The van der Waals surface area contributed by atoms with Crippen LogP contribution in [-0.2, 0) is 12.1 Å². The lowest BCUT2D eigenvalue weighted by Crippen LogP contribution is -2.48. The van der Waals surface area contributed by atoms with E-state index in [0.29, 0.717) is 6.04 Å². The Labute approximate surface area is 163 Å². The Kier molecular flexibility index (Phi) is 6.72. The summed E-state index contributed by atoms with van der Waals surface area (Å²) in [5, 5.41) is 8.44. The molecule has 0 radical (unpaired) electrons. The molecule has 6 heteroatoms. The van der Waals surface area contributed by atoms with Gasteiger partial charge in [-0.05, 0) is 39.8 Å². The third kappa shape index (κ3) is 4.78. The zero-order valence-corrected chi connectivity index (χ0v) is 17.3. The van der Waals surface area contributed by atoms with E-state index < -0.39 is 0 Å². The maximum absolute atomic E-state index is 5.40. The lowest BCUT2D eigenvalue weighted by atomic mass is 10.1. The zero-order valence-electron chi connectivity index (χ0n) is 16.5. The average Bonchev–Trinajstić information content (AvgIpc) is 2.99. The first-order chi connectivity index (χ1) is 11.9. The number of piperazine rings is 1. The van der Waals surface area contributed by atoms with Gasteiger partial charge in [0.05, 0.1) is 18.3 Å². The van der Waals surface area contributed by atoms with Crippen LogP contribution in [0.2, 0.25) is 0 Å². The lowest BCUT2D eigenvalue weighted by Gasteiger charge is -2.31. The first-order valence-electron chi connectivity index (χ1n) is 9.06. The Morgan fingerprint density at radius 3 is 2.73 bits per heavy atom. The van der Waals surface area contributed by atoms with Crippen LogP contribution in [-0.4, -0.2) is 47.5 Å². The van der Waals surface area contributed by atoms with Gasteiger partial charge in [0.15, 0.2) is 0 Å². The van der Waals surface area contributed by atoms with Crippen LogP contribution in [0.25, 0.3) is 11.3 Å². The van der Waals surface area contributed by atoms with Gasteiger partial charge in [-0.15, -0.1) is 12.4 Å². The molecule has 2 aromatic rings. The highest BCUT2D eigenvalue weighted by atomic mass is 35.5. The van der Waals surface area contributed by atoms with Crippen LogP contribution in [0.5, 0.6) is 5.75 Å². The molecule has 2 heterocycles. The molecule has 26 heavy (non-hydrogen) atoms. The van der Waals surface area contributed by atoms with Crippen molar-refractivity contribution < 1.29 is 4.74 Å². The third-order valence-corrected chi connectivity index (χ3v) is 4.67. The number of halogens is 1. The second-order valence-corrected chi connectivity index (χ2v) is 7.94. The molecule has 1 aromatic heterocycles. The number of methoxy groups -OCH3 is 1. The van der Waals surface area contributed by atoms with Gasteiger partial charge < -0.3 is 10.1 Å². The number of hydrogen-bond acceptors (Lipinski definition) is 4. The maximum atomic E-state index is 5.40. The second-order valence-electron chi connectivity index (χ2n) is 7.94. The minimum Gasteiger partial charge on any atom is -0.497 e. The van der Waals surface area contributed by atoms with Crippen molar-refractivity contribution in [1.82, 2.24) is 20.0 Å². The van der Waals surface area contributed by atoms with Gasteiger partial charge in [-0.1, -0.05) is 12.1 Å². The van der Waals surface area contributed by atoms with E-state index in [1.165, 1.54) is 5.56 Å². The second kappa shape index (κ2) is 8.42. The smallest absolute Gasteiger partial charge is 0.119 e.